The topological polar surface area (TPSA) is 38.3 Å². The third kappa shape index (κ3) is 2.19. The zero-order valence-corrected chi connectivity index (χ0v) is 7.09. The second-order valence-electron chi connectivity index (χ2n) is 3.20. The Morgan fingerprint density at radius 1 is 1.82 bits per heavy atom. The second kappa shape index (κ2) is 3.72. The molecule has 1 rings (SSSR count). The number of nitrogens with one attached hydrogen (secondary N) is 1. The lowest BCUT2D eigenvalue weighted by atomic mass is 9.94. The molecule has 1 amide bonds. The van der Waals surface area contributed by atoms with Crippen LogP contribution >= 0.6 is 0 Å². The summed E-state index contributed by atoms with van der Waals surface area (Å²) in [6.45, 7) is 3.69. The van der Waals surface area contributed by atoms with Gasteiger partial charge in [-0.3, -0.25) is 4.79 Å². The molecule has 0 bridgehead atoms. The van der Waals surface area contributed by atoms with Gasteiger partial charge in [0.1, 0.15) is 0 Å². The highest BCUT2D eigenvalue weighted by atomic mass is 16.5. The van der Waals surface area contributed by atoms with Crippen LogP contribution < -0.4 is 5.32 Å². The Morgan fingerprint density at radius 3 is 3.00 bits per heavy atom. The molecule has 1 fully saturated rings. The summed E-state index contributed by atoms with van der Waals surface area (Å²) in [5.41, 5.74) is 0. The van der Waals surface area contributed by atoms with Crippen LogP contribution in [-0.2, 0) is 9.53 Å². The first-order chi connectivity index (χ1) is 5.24. The van der Waals surface area contributed by atoms with E-state index in [1.165, 1.54) is 0 Å². The second-order valence-corrected chi connectivity index (χ2v) is 3.20. The van der Waals surface area contributed by atoms with E-state index in [1.54, 1.807) is 7.11 Å². The standard InChI is InChI=1S/C8H15NO2/c1-6(5-11-2)7-3-8(10)9-4-7/h6-7H,3-5H2,1-2H3,(H,9,10). The van der Waals surface area contributed by atoms with Gasteiger partial charge in [0.05, 0.1) is 0 Å². The lowest BCUT2D eigenvalue weighted by Crippen LogP contribution is -2.19. The van der Waals surface area contributed by atoms with E-state index in [-0.39, 0.29) is 5.91 Å². The summed E-state index contributed by atoms with van der Waals surface area (Å²) in [5, 5.41) is 2.81. The number of hydrogen-bond acceptors (Lipinski definition) is 2. The fourth-order valence-electron chi connectivity index (χ4n) is 1.43. The summed E-state index contributed by atoms with van der Waals surface area (Å²) < 4.78 is 5.01. The third-order valence-electron chi connectivity index (χ3n) is 2.24. The van der Waals surface area contributed by atoms with Crippen LogP contribution in [0.3, 0.4) is 0 Å². The fraction of sp³-hybridized carbons (Fsp3) is 0.875. The van der Waals surface area contributed by atoms with Gasteiger partial charge in [-0.1, -0.05) is 6.92 Å². The Kier molecular flexibility index (Phi) is 2.88. The predicted octanol–water partition coefficient (Wildman–Crippen LogP) is 0.405. The summed E-state index contributed by atoms with van der Waals surface area (Å²) in [4.78, 5) is 10.8. The summed E-state index contributed by atoms with van der Waals surface area (Å²) in [6.07, 6.45) is 0.671. The molecule has 64 valence electrons. The molecule has 1 N–H and O–H groups in total. The Morgan fingerprint density at radius 2 is 2.55 bits per heavy atom. The molecule has 0 spiro atoms. The Labute approximate surface area is 67.1 Å². The van der Waals surface area contributed by atoms with Gasteiger partial charge in [-0.2, -0.15) is 0 Å². The fourth-order valence-corrected chi connectivity index (χ4v) is 1.43. The van der Waals surface area contributed by atoms with E-state index >= 15 is 0 Å². The van der Waals surface area contributed by atoms with E-state index in [0.29, 0.717) is 18.3 Å². The van der Waals surface area contributed by atoms with E-state index in [9.17, 15) is 4.79 Å². The zero-order valence-electron chi connectivity index (χ0n) is 7.09. The maximum absolute atomic E-state index is 10.8. The molecule has 11 heavy (non-hydrogen) atoms. The predicted molar refractivity (Wildman–Crippen MR) is 42.2 cm³/mol. The summed E-state index contributed by atoms with van der Waals surface area (Å²) >= 11 is 0. The SMILES string of the molecule is COCC(C)C1CNC(=O)C1. The van der Waals surface area contributed by atoms with Crippen LogP contribution in [0.25, 0.3) is 0 Å². The van der Waals surface area contributed by atoms with Crippen molar-refractivity contribution >= 4 is 5.91 Å². The van der Waals surface area contributed by atoms with Crippen LogP contribution in [0.5, 0.6) is 0 Å². The van der Waals surface area contributed by atoms with Gasteiger partial charge in [0, 0.05) is 26.7 Å². The molecule has 1 saturated heterocycles. The van der Waals surface area contributed by atoms with Gasteiger partial charge >= 0.3 is 0 Å². The minimum Gasteiger partial charge on any atom is -0.384 e. The average Bonchev–Trinajstić information content (AvgIpc) is 2.36. The monoisotopic (exact) mass is 157 g/mol. The molecular weight excluding hydrogens is 142 g/mol. The molecule has 3 nitrogen and oxygen atoms in total. The van der Waals surface area contributed by atoms with Crippen molar-refractivity contribution in [3.8, 4) is 0 Å². The summed E-state index contributed by atoms with van der Waals surface area (Å²) in [6, 6.07) is 0. The van der Waals surface area contributed by atoms with E-state index in [0.717, 1.165) is 13.2 Å². The molecule has 0 aromatic rings. The summed E-state index contributed by atoms with van der Waals surface area (Å²) in [7, 11) is 1.70. The molecule has 3 heteroatoms. The van der Waals surface area contributed by atoms with Gasteiger partial charge in [0.25, 0.3) is 0 Å². The minimum absolute atomic E-state index is 0.179. The minimum atomic E-state index is 0.179. The first-order valence-corrected chi connectivity index (χ1v) is 3.99. The number of carbonyl (C=O) groups is 1. The molecule has 2 atom stereocenters. The van der Waals surface area contributed by atoms with Crippen molar-refractivity contribution < 1.29 is 9.53 Å². The Bertz CT molecular complexity index is 147. The molecular formula is C8H15NO2. The van der Waals surface area contributed by atoms with E-state index in [4.69, 9.17) is 4.74 Å². The molecule has 1 aliphatic heterocycles. The highest BCUT2D eigenvalue weighted by Gasteiger charge is 2.26. The number of rotatable bonds is 3. The molecule has 1 aliphatic rings. The highest BCUT2D eigenvalue weighted by molar-refractivity contribution is 5.78. The van der Waals surface area contributed by atoms with E-state index < -0.39 is 0 Å². The van der Waals surface area contributed by atoms with Gasteiger partial charge < -0.3 is 10.1 Å². The first kappa shape index (κ1) is 8.53. The van der Waals surface area contributed by atoms with Crippen molar-refractivity contribution in [3.05, 3.63) is 0 Å². The van der Waals surface area contributed by atoms with Gasteiger partial charge in [0.2, 0.25) is 5.91 Å². The van der Waals surface area contributed by atoms with Crippen molar-refractivity contribution in [2.75, 3.05) is 20.3 Å². The van der Waals surface area contributed by atoms with Crippen molar-refractivity contribution in [1.82, 2.24) is 5.32 Å². The van der Waals surface area contributed by atoms with Crippen LogP contribution in [0.15, 0.2) is 0 Å². The van der Waals surface area contributed by atoms with Crippen LogP contribution in [0, 0.1) is 11.8 Å². The molecule has 2 unspecified atom stereocenters. The molecule has 1 heterocycles. The summed E-state index contributed by atoms with van der Waals surface area (Å²) in [5.74, 6) is 1.14. The lowest BCUT2D eigenvalue weighted by Gasteiger charge is -2.15. The smallest absolute Gasteiger partial charge is 0.220 e. The van der Waals surface area contributed by atoms with Crippen molar-refractivity contribution in [1.29, 1.82) is 0 Å². The Balaban J connectivity index is 2.30. The van der Waals surface area contributed by atoms with Gasteiger partial charge in [-0.25, -0.2) is 0 Å². The zero-order chi connectivity index (χ0) is 8.27. The van der Waals surface area contributed by atoms with E-state index in [2.05, 4.69) is 12.2 Å². The van der Waals surface area contributed by atoms with Gasteiger partial charge in [-0.05, 0) is 11.8 Å². The molecule has 0 aromatic heterocycles. The number of hydrogen-bond donors (Lipinski definition) is 1. The number of methoxy groups -OCH3 is 1. The molecule has 0 aromatic carbocycles. The van der Waals surface area contributed by atoms with Crippen LogP contribution in [0.4, 0.5) is 0 Å². The number of carbonyl (C=O) groups excluding carboxylic acids is 1. The highest BCUT2D eigenvalue weighted by Crippen LogP contribution is 2.19. The maximum Gasteiger partial charge on any atom is 0.220 e. The molecule has 0 radical (unpaired) electrons. The number of ether oxygens (including phenoxy) is 1. The van der Waals surface area contributed by atoms with Crippen molar-refractivity contribution in [3.63, 3.8) is 0 Å². The largest absolute Gasteiger partial charge is 0.384 e. The van der Waals surface area contributed by atoms with Gasteiger partial charge in [-0.15, -0.1) is 0 Å². The molecule has 0 saturated carbocycles. The van der Waals surface area contributed by atoms with Crippen LogP contribution in [-0.4, -0.2) is 26.2 Å². The molecule has 0 aliphatic carbocycles. The normalized spacial score (nSPS) is 26.7. The maximum atomic E-state index is 10.8. The van der Waals surface area contributed by atoms with Crippen molar-refractivity contribution in [2.45, 2.75) is 13.3 Å². The van der Waals surface area contributed by atoms with Crippen LogP contribution in [0.1, 0.15) is 13.3 Å². The van der Waals surface area contributed by atoms with Crippen molar-refractivity contribution in [2.24, 2.45) is 11.8 Å². The Hall–Kier alpha value is -0.570. The third-order valence-corrected chi connectivity index (χ3v) is 2.24. The van der Waals surface area contributed by atoms with Crippen LogP contribution in [0.2, 0.25) is 0 Å². The quantitative estimate of drug-likeness (QED) is 0.644. The first-order valence-electron chi connectivity index (χ1n) is 3.99. The lowest BCUT2D eigenvalue weighted by molar-refractivity contribution is -0.119. The van der Waals surface area contributed by atoms with E-state index in [1.807, 2.05) is 0 Å². The number of amides is 1. The van der Waals surface area contributed by atoms with Gasteiger partial charge in [0.15, 0.2) is 0 Å². The average molecular weight is 157 g/mol.